The zero-order chi connectivity index (χ0) is 10.3. The van der Waals surface area contributed by atoms with Crippen molar-refractivity contribution in [2.75, 3.05) is 6.67 Å². The van der Waals surface area contributed by atoms with Crippen molar-refractivity contribution in [1.82, 2.24) is 0 Å². The Labute approximate surface area is 74.7 Å². The summed E-state index contributed by atoms with van der Waals surface area (Å²) in [6, 6.07) is 0. The molecule has 0 saturated carbocycles. The summed E-state index contributed by atoms with van der Waals surface area (Å²) in [5, 5.41) is 16.8. The number of unbranched alkanes of at least 4 members (excludes halogenated alkanes) is 2. The molecular weight excluding hydrogens is 179 g/mol. The van der Waals surface area contributed by atoms with E-state index in [9.17, 15) is 14.0 Å². The van der Waals surface area contributed by atoms with Gasteiger partial charge in [0.1, 0.15) is 5.57 Å². The number of halogens is 1. The third kappa shape index (κ3) is 4.95. The summed E-state index contributed by atoms with van der Waals surface area (Å²) in [6.07, 6.45) is 2.15. The van der Waals surface area contributed by atoms with Crippen LogP contribution in [0.1, 0.15) is 19.3 Å². The molecule has 0 bridgehead atoms. The Hall–Kier alpha value is -1.39. The Morgan fingerprint density at radius 2 is 1.69 bits per heavy atom. The fourth-order valence-corrected chi connectivity index (χ4v) is 0.751. The minimum atomic E-state index is -1.47. The van der Waals surface area contributed by atoms with Crippen molar-refractivity contribution in [3.63, 3.8) is 0 Å². The molecule has 0 amide bonds. The first-order chi connectivity index (χ1) is 6.09. The number of aliphatic carboxylic acids is 2. The van der Waals surface area contributed by atoms with Crippen LogP contribution in [-0.4, -0.2) is 28.8 Å². The van der Waals surface area contributed by atoms with Crippen molar-refractivity contribution in [3.8, 4) is 0 Å². The SMILES string of the molecule is O=C(O)C(=CCCCCF)C(=O)O. The van der Waals surface area contributed by atoms with Gasteiger partial charge in [-0.3, -0.25) is 4.39 Å². The van der Waals surface area contributed by atoms with E-state index in [2.05, 4.69) is 0 Å². The number of rotatable bonds is 6. The average molecular weight is 190 g/mol. The molecule has 2 N–H and O–H groups in total. The summed E-state index contributed by atoms with van der Waals surface area (Å²) in [5.41, 5.74) is -0.654. The molecule has 0 fully saturated rings. The lowest BCUT2D eigenvalue weighted by molar-refractivity contribution is -0.140. The van der Waals surface area contributed by atoms with Crippen LogP contribution >= 0.6 is 0 Å². The molecule has 0 spiro atoms. The van der Waals surface area contributed by atoms with E-state index in [0.29, 0.717) is 12.8 Å². The van der Waals surface area contributed by atoms with Crippen LogP contribution in [0.25, 0.3) is 0 Å². The fourth-order valence-electron chi connectivity index (χ4n) is 0.751. The highest BCUT2D eigenvalue weighted by Gasteiger charge is 2.14. The molecule has 74 valence electrons. The van der Waals surface area contributed by atoms with Gasteiger partial charge in [-0.1, -0.05) is 6.08 Å². The quantitative estimate of drug-likeness (QED) is 0.286. The van der Waals surface area contributed by atoms with E-state index in [1.807, 2.05) is 0 Å². The summed E-state index contributed by atoms with van der Waals surface area (Å²) in [6.45, 7) is -0.469. The molecule has 0 rings (SSSR count). The summed E-state index contributed by atoms with van der Waals surface area (Å²) in [7, 11) is 0. The van der Waals surface area contributed by atoms with Crippen LogP contribution in [0, 0.1) is 0 Å². The minimum absolute atomic E-state index is 0.276. The van der Waals surface area contributed by atoms with Gasteiger partial charge in [0.15, 0.2) is 0 Å². The van der Waals surface area contributed by atoms with Gasteiger partial charge in [-0.2, -0.15) is 0 Å². The Kier molecular flexibility index (Phi) is 5.50. The minimum Gasteiger partial charge on any atom is -0.477 e. The smallest absolute Gasteiger partial charge is 0.342 e. The predicted octanol–water partition coefficient (Wildman–Crippen LogP) is 1.22. The standard InChI is InChI=1S/C8H11FO4/c9-5-3-1-2-4-6(7(10)11)8(12)13/h4H,1-3,5H2,(H,10,11)(H,12,13). The van der Waals surface area contributed by atoms with Gasteiger partial charge in [0.25, 0.3) is 0 Å². The molecule has 0 aromatic carbocycles. The maximum absolute atomic E-state index is 11.6. The Morgan fingerprint density at radius 1 is 1.15 bits per heavy atom. The predicted molar refractivity (Wildman–Crippen MR) is 43.2 cm³/mol. The van der Waals surface area contributed by atoms with E-state index in [4.69, 9.17) is 10.2 Å². The molecule has 5 heteroatoms. The topological polar surface area (TPSA) is 74.6 Å². The van der Waals surface area contributed by atoms with E-state index in [0.717, 1.165) is 6.08 Å². The molecule has 0 unspecified atom stereocenters. The maximum Gasteiger partial charge on any atom is 0.342 e. The van der Waals surface area contributed by atoms with Crippen molar-refractivity contribution in [3.05, 3.63) is 11.6 Å². The van der Waals surface area contributed by atoms with Crippen LogP contribution in [0.15, 0.2) is 11.6 Å². The van der Waals surface area contributed by atoms with Crippen LogP contribution in [0.2, 0.25) is 0 Å². The molecule has 4 nitrogen and oxygen atoms in total. The van der Waals surface area contributed by atoms with E-state index in [-0.39, 0.29) is 6.42 Å². The Bertz CT molecular complexity index is 206. The maximum atomic E-state index is 11.6. The molecule has 0 aliphatic rings. The second-order valence-electron chi connectivity index (χ2n) is 2.41. The van der Waals surface area contributed by atoms with Gasteiger partial charge in [0.2, 0.25) is 0 Å². The van der Waals surface area contributed by atoms with Gasteiger partial charge < -0.3 is 10.2 Å². The van der Waals surface area contributed by atoms with E-state index >= 15 is 0 Å². The van der Waals surface area contributed by atoms with Gasteiger partial charge >= 0.3 is 11.9 Å². The first-order valence-electron chi connectivity index (χ1n) is 3.82. The van der Waals surface area contributed by atoms with Gasteiger partial charge in [-0.05, 0) is 19.3 Å². The van der Waals surface area contributed by atoms with Crippen LogP contribution in [0.3, 0.4) is 0 Å². The number of carboxylic acids is 2. The summed E-state index contributed by atoms with van der Waals surface area (Å²) in [4.78, 5) is 20.6. The van der Waals surface area contributed by atoms with E-state index in [1.165, 1.54) is 0 Å². The zero-order valence-corrected chi connectivity index (χ0v) is 6.99. The fraction of sp³-hybridized carbons (Fsp3) is 0.500. The molecular formula is C8H11FO4. The van der Waals surface area contributed by atoms with Crippen LogP contribution in [0.5, 0.6) is 0 Å². The molecule has 0 radical (unpaired) electrons. The number of carboxylic acid groups (broad SMARTS) is 2. The Morgan fingerprint density at radius 3 is 2.08 bits per heavy atom. The molecule has 0 saturated heterocycles. The number of allylic oxidation sites excluding steroid dienone is 1. The lowest BCUT2D eigenvalue weighted by Crippen LogP contribution is -2.10. The summed E-state index contributed by atoms with van der Waals surface area (Å²) in [5.74, 6) is -2.93. The molecule has 0 aliphatic carbocycles. The second kappa shape index (κ2) is 6.16. The van der Waals surface area contributed by atoms with E-state index in [1.54, 1.807) is 0 Å². The van der Waals surface area contributed by atoms with Crippen molar-refractivity contribution >= 4 is 11.9 Å². The third-order valence-corrected chi connectivity index (χ3v) is 1.40. The molecule has 0 aromatic rings. The first kappa shape index (κ1) is 11.6. The van der Waals surface area contributed by atoms with Crippen LogP contribution in [-0.2, 0) is 9.59 Å². The first-order valence-corrected chi connectivity index (χ1v) is 3.82. The van der Waals surface area contributed by atoms with Crippen molar-refractivity contribution in [1.29, 1.82) is 0 Å². The largest absolute Gasteiger partial charge is 0.477 e. The normalized spacial score (nSPS) is 9.31. The molecule has 0 heterocycles. The second-order valence-corrected chi connectivity index (χ2v) is 2.41. The lowest BCUT2D eigenvalue weighted by atomic mass is 10.1. The van der Waals surface area contributed by atoms with Crippen LogP contribution < -0.4 is 0 Å². The third-order valence-electron chi connectivity index (χ3n) is 1.40. The van der Waals surface area contributed by atoms with Gasteiger partial charge in [0, 0.05) is 0 Å². The highest BCUT2D eigenvalue weighted by Crippen LogP contribution is 2.02. The van der Waals surface area contributed by atoms with Gasteiger partial charge in [0.05, 0.1) is 6.67 Å². The van der Waals surface area contributed by atoms with Gasteiger partial charge in [-0.25, -0.2) is 9.59 Å². The van der Waals surface area contributed by atoms with Crippen molar-refractivity contribution in [2.24, 2.45) is 0 Å². The highest BCUT2D eigenvalue weighted by atomic mass is 19.1. The van der Waals surface area contributed by atoms with Crippen molar-refractivity contribution in [2.45, 2.75) is 19.3 Å². The average Bonchev–Trinajstić information content (AvgIpc) is 2.02. The lowest BCUT2D eigenvalue weighted by Gasteiger charge is -1.95. The zero-order valence-electron chi connectivity index (χ0n) is 6.99. The van der Waals surface area contributed by atoms with Gasteiger partial charge in [-0.15, -0.1) is 0 Å². The summed E-state index contributed by atoms with van der Waals surface area (Å²) < 4.78 is 11.6. The monoisotopic (exact) mass is 190 g/mol. The van der Waals surface area contributed by atoms with E-state index < -0.39 is 24.2 Å². The number of hydrogen-bond acceptors (Lipinski definition) is 2. The summed E-state index contributed by atoms with van der Waals surface area (Å²) >= 11 is 0. The number of carbonyl (C=O) groups is 2. The van der Waals surface area contributed by atoms with Crippen molar-refractivity contribution < 1.29 is 24.2 Å². The molecule has 0 aliphatic heterocycles. The highest BCUT2D eigenvalue weighted by molar-refractivity contribution is 6.12. The van der Waals surface area contributed by atoms with Crippen LogP contribution in [0.4, 0.5) is 4.39 Å². The Balaban J connectivity index is 4.06. The molecule has 0 aromatic heterocycles. The molecule has 0 atom stereocenters. The molecule has 13 heavy (non-hydrogen) atoms. The number of alkyl halides is 1. The number of hydrogen-bond donors (Lipinski definition) is 2.